The molecular formula is C19H33IN4O2. The standard InChI is InChI=1S/C19H32N4O2.HI/c1-15(23(6)18(24)25-19(2,3)4)12-13-21-17(20-5)22-14-16-10-8-7-9-11-16;/h7-11,15H,12-14H2,1-6H3,(H2,20,21,22);1H. The lowest BCUT2D eigenvalue weighted by Crippen LogP contribution is -2.42. The van der Waals surface area contributed by atoms with Crippen LogP contribution in [0.3, 0.4) is 0 Å². The molecule has 0 saturated carbocycles. The van der Waals surface area contributed by atoms with Crippen LogP contribution in [0.5, 0.6) is 0 Å². The molecule has 148 valence electrons. The first-order valence-corrected chi connectivity index (χ1v) is 8.67. The normalized spacial score (nSPS) is 12.6. The highest BCUT2D eigenvalue weighted by molar-refractivity contribution is 14.0. The maximum absolute atomic E-state index is 12.1. The van der Waals surface area contributed by atoms with Crippen molar-refractivity contribution in [2.45, 2.75) is 52.3 Å². The molecule has 1 atom stereocenters. The Bertz CT molecular complexity index is 558. The molecule has 0 fully saturated rings. The van der Waals surface area contributed by atoms with Gasteiger partial charge in [0.2, 0.25) is 0 Å². The number of guanidine groups is 1. The van der Waals surface area contributed by atoms with E-state index < -0.39 is 5.60 Å². The van der Waals surface area contributed by atoms with Gasteiger partial charge in [0, 0.05) is 33.2 Å². The fourth-order valence-electron chi connectivity index (χ4n) is 2.11. The van der Waals surface area contributed by atoms with Gasteiger partial charge in [-0.3, -0.25) is 4.99 Å². The molecule has 1 rings (SSSR count). The number of halogens is 1. The summed E-state index contributed by atoms with van der Waals surface area (Å²) < 4.78 is 5.39. The van der Waals surface area contributed by atoms with Crippen molar-refractivity contribution in [2.24, 2.45) is 4.99 Å². The van der Waals surface area contributed by atoms with Crippen LogP contribution in [-0.2, 0) is 11.3 Å². The zero-order chi connectivity index (χ0) is 18.9. The molecule has 0 aliphatic carbocycles. The summed E-state index contributed by atoms with van der Waals surface area (Å²) in [6.07, 6.45) is 0.494. The van der Waals surface area contributed by atoms with Crippen molar-refractivity contribution in [1.82, 2.24) is 15.5 Å². The zero-order valence-corrected chi connectivity index (χ0v) is 19.0. The summed E-state index contributed by atoms with van der Waals surface area (Å²) in [7, 11) is 3.51. The van der Waals surface area contributed by atoms with E-state index in [-0.39, 0.29) is 36.1 Å². The molecule has 2 N–H and O–H groups in total. The van der Waals surface area contributed by atoms with E-state index in [9.17, 15) is 4.79 Å². The number of ether oxygens (including phenoxy) is 1. The number of carbonyl (C=O) groups excluding carboxylic acids is 1. The van der Waals surface area contributed by atoms with Crippen molar-refractivity contribution in [3.05, 3.63) is 35.9 Å². The maximum atomic E-state index is 12.1. The molecule has 1 unspecified atom stereocenters. The minimum absolute atomic E-state index is 0. The predicted molar refractivity (Wildman–Crippen MR) is 118 cm³/mol. The first-order valence-electron chi connectivity index (χ1n) is 8.67. The Labute approximate surface area is 174 Å². The second-order valence-electron chi connectivity index (χ2n) is 7.07. The molecule has 0 spiro atoms. The van der Waals surface area contributed by atoms with Gasteiger partial charge in [-0.2, -0.15) is 0 Å². The Hall–Kier alpha value is -1.51. The number of rotatable bonds is 6. The van der Waals surface area contributed by atoms with E-state index in [1.54, 1.807) is 19.0 Å². The third-order valence-corrected chi connectivity index (χ3v) is 3.72. The van der Waals surface area contributed by atoms with Crippen molar-refractivity contribution >= 4 is 36.0 Å². The van der Waals surface area contributed by atoms with E-state index in [1.807, 2.05) is 45.9 Å². The van der Waals surface area contributed by atoms with Crippen LogP contribution < -0.4 is 10.6 Å². The van der Waals surface area contributed by atoms with Gasteiger partial charge in [0.15, 0.2) is 5.96 Å². The fourth-order valence-corrected chi connectivity index (χ4v) is 2.11. The average molecular weight is 476 g/mol. The van der Waals surface area contributed by atoms with Gasteiger partial charge in [-0.25, -0.2) is 4.79 Å². The number of amides is 1. The van der Waals surface area contributed by atoms with E-state index in [4.69, 9.17) is 4.74 Å². The monoisotopic (exact) mass is 476 g/mol. The minimum Gasteiger partial charge on any atom is -0.444 e. The summed E-state index contributed by atoms with van der Waals surface area (Å²) in [5, 5.41) is 6.55. The molecule has 0 aliphatic heterocycles. The molecular weight excluding hydrogens is 443 g/mol. The second kappa shape index (κ2) is 12.0. The highest BCUT2D eigenvalue weighted by Crippen LogP contribution is 2.11. The summed E-state index contributed by atoms with van der Waals surface area (Å²) in [5.41, 5.74) is 0.718. The molecule has 0 heterocycles. The Morgan fingerprint density at radius 1 is 1.23 bits per heavy atom. The van der Waals surface area contributed by atoms with Crippen LogP contribution in [0.25, 0.3) is 0 Å². The third-order valence-electron chi connectivity index (χ3n) is 3.72. The Balaban J connectivity index is 0.00000625. The van der Waals surface area contributed by atoms with Crippen LogP contribution in [0.4, 0.5) is 4.79 Å². The van der Waals surface area contributed by atoms with Crippen molar-refractivity contribution < 1.29 is 9.53 Å². The molecule has 6 nitrogen and oxygen atoms in total. The number of benzene rings is 1. The minimum atomic E-state index is -0.479. The largest absolute Gasteiger partial charge is 0.444 e. The van der Waals surface area contributed by atoms with Gasteiger partial charge in [-0.1, -0.05) is 30.3 Å². The van der Waals surface area contributed by atoms with Crippen LogP contribution in [0, 0.1) is 0 Å². The molecule has 26 heavy (non-hydrogen) atoms. The van der Waals surface area contributed by atoms with Gasteiger partial charge in [-0.15, -0.1) is 24.0 Å². The number of nitrogens with zero attached hydrogens (tertiary/aromatic N) is 2. The summed E-state index contributed by atoms with van der Waals surface area (Å²) in [6.45, 7) is 9.04. The summed E-state index contributed by atoms with van der Waals surface area (Å²) in [4.78, 5) is 17.9. The molecule has 1 aromatic rings. The third kappa shape index (κ3) is 9.84. The summed E-state index contributed by atoms with van der Waals surface area (Å²) in [5.74, 6) is 0.746. The van der Waals surface area contributed by atoms with E-state index in [0.29, 0.717) is 13.1 Å². The van der Waals surface area contributed by atoms with Gasteiger partial charge < -0.3 is 20.3 Å². The number of nitrogens with one attached hydrogen (secondary N) is 2. The Kier molecular flexibility index (Phi) is 11.3. The van der Waals surface area contributed by atoms with Gasteiger partial charge in [-0.05, 0) is 39.7 Å². The molecule has 0 bridgehead atoms. The maximum Gasteiger partial charge on any atom is 0.410 e. The van der Waals surface area contributed by atoms with Crippen LogP contribution in [0.1, 0.15) is 39.7 Å². The molecule has 1 aromatic carbocycles. The molecule has 0 aliphatic rings. The number of aliphatic imine (C=N–C) groups is 1. The molecule has 1 amide bonds. The first-order chi connectivity index (χ1) is 11.7. The van der Waals surface area contributed by atoms with E-state index >= 15 is 0 Å². The number of hydrogen-bond donors (Lipinski definition) is 2. The van der Waals surface area contributed by atoms with Gasteiger partial charge in [0.1, 0.15) is 5.60 Å². The van der Waals surface area contributed by atoms with Gasteiger partial charge >= 0.3 is 6.09 Å². The van der Waals surface area contributed by atoms with Crippen LogP contribution in [-0.4, -0.2) is 49.2 Å². The second-order valence-corrected chi connectivity index (χ2v) is 7.07. The van der Waals surface area contributed by atoms with Crippen LogP contribution in [0.2, 0.25) is 0 Å². The van der Waals surface area contributed by atoms with Crippen molar-refractivity contribution in [1.29, 1.82) is 0 Å². The smallest absolute Gasteiger partial charge is 0.410 e. The lowest BCUT2D eigenvalue weighted by Gasteiger charge is -2.28. The van der Waals surface area contributed by atoms with Gasteiger partial charge in [0.25, 0.3) is 0 Å². The van der Waals surface area contributed by atoms with Crippen molar-refractivity contribution in [3.63, 3.8) is 0 Å². The first kappa shape index (κ1) is 24.5. The van der Waals surface area contributed by atoms with Crippen molar-refractivity contribution in [3.8, 4) is 0 Å². The average Bonchev–Trinajstić information content (AvgIpc) is 2.56. The van der Waals surface area contributed by atoms with E-state index in [2.05, 4.69) is 27.8 Å². The molecule has 0 aromatic heterocycles. The topological polar surface area (TPSA) is 66.0 Å². The number of carbonyl (C=O) groups is 1. The zero-order valence-electron chi connectivity index (χ0n) is 16.7. The SMILES string of the molecule is CN=C(NCCC(C)N(C)C(=O)OC(C)(C)C)NCc1ccccc1.I. The quantitative estimate of drug-likeness (QED) is 0.374. The van der Waals surface area contributed by atoms with Crippen LogP contribution >= 0.6 is 24.0 Å². The Morgan fingerprint density at radius 3 is 2.38 bits per heavy atom. The fraction of sp³-hybridized carbons (Fsp3) is 0.579. The highest BCUT2D eigenvalue weighted by atomic mass is 127. The lowest BCUT2D eigenvalue weighted by atomic mass is 10.2. The van der Waals surface area contributed by atoms with Gasteiger partial charge in [0.05, 0.1) is 0 Å². The molecule has 0 saturated heterocycles. The van der Waals surface area contributed by atoms with Crippen LogP contribution in [0.15, 0.2) is 35.3 Å². The number of hydrogen-bond acceptors (Lipinski definition) is 3. The predicted octanol–water partition coefficient (Wildman–Crippen LogP) is 3.62. The summed E-state index contributed by atoms with van der Waals surface area (Å²) in [6, 6.07) is 10.2. The van der Waals surface area contributed by atoms with E-state index in [0.717, 1.165) is 12.4 Å². The Morgan fingerprint density at radius 2 is 1.85 bits per heavy atom. The van der Waals surface area contributed by atoms with Crippen molar-refractivity contribution in [2.75, 3.05) is 20.6 Å². The molecule has 0 radical (unpaired) electrons. The highest BCUT2D eigenvalue weighted by Gasteiger charge is 2.22. The van der Waals surface area contributed by atoms with E-state index in [1.165, 1.54) is 5.56 Å². The summed E-state index contributed by atoms with van der Waals surface area (Å²) >= 11 is 0. The molecule has 7 heteroatoms. The lowest BCUT2D eigenvalue weighted by molar-refractivity contribution is 0.0230.